The third-order valence-electron chi connectivity index (χ3n) is 0. The first-order valence-corrected chi connectivity index (χ1v) is 1.25. The Labute approximate surface area is 51.0 Å². The van der Waals surface area contributed by atoms with Crippen molar-refractivity contribution in [2.45, 2.75) is 0 Å². The second-order valence-corrected chi connectivity index (χ2v) is 0.461. The van der Waals surface area contributed by atoms with Crippen molar-refractivity contribution >= 4 is 0 Å². The first kappa shape index (κ1) is 8.86. The summed E-state index contributed by atoms with van der Waals surface area (Å²) in [5.41, 5.74) is 0. The molecule has 0 aliphatic heterocycles. The number of hydrogen-bond donors (Lipinski definition) is 0. The van der Waals surface area contributed by atoms with Gasteiger partial charge in [-0.1, -0.05) is 0 Å². The van der Waals surface area contributed by atoms with Gasteiger partial charge >= 0.3 is 30.1 Å². The predicted octanol–water partition coefficient (Wildman–Crippen LogP) is 0.0118. The maximum atomic E-state index is 7.32. The van der Waals surface area contributed by atoms with Crippen LogP contribution in [0, 0.1) is 9.64 Å². The Balaban J connectivity index is 0. The molecule has 0 fully saturated rings. The van der Waals surface area contributed by atoms with Crippen LogP contribution in [0.15, 0.2) is 0 Å². The quantitative estimate of drug-likeness (QED) is 0.561. The Morgan fingerprint density at radius 3 is 1.75 bits per heavy atom. The molecule has 3 heteroatoms. The summed E-state index contributed by atoms with van der Waals surface area (Å²) in [5, 5.41) is 7.32. The molecule has 0 atom stereocenters. The molecule has 0 saturated carbocycles. The van der Waals surface area contributed by atoms with E-state index in [1.165, 1.54) is 20.4 Å². The molecule has 0 amide bonds. The molecule has 0 aromatic heterocycles. The summed E-state index contributed by atoms with van der Waals surface area (Å²) in [6, 6.07) is 0. The van der Waals surface area contributed by atoms with Crippen molar-refractivity contribution in [3.63, 3.8) is 0 Å². The number of hydrogen-bond acceptors (Lipinski definition) is 1. The fraction of sp³-hybridized carbons (Fsp3) is 0. The normalized spacial score (nSPS) is 1.50. The van der Waals surface area contributed by atoms with Gasteiger partial charge in [-0.2, -0.15) is 0 Å². The van der Waals surface area contributed by atoms with Crippen LogP contribution in [0.3, 0.4) is 0 Å². The maximum absolute atomic E-state index is 7.32. The van der Waals surface area contributed by atoms with Gasteiger partial charge in [0.2, 0.25) is 0 Å². The molecule has 0 spiro atoms. The molecular weight excluding hydrogens is 258 g/mol. The van der Waals surface area contributed by atoms with Crippen LogP contribution in [0.4, 0.5) is 0 Å². The summed E-state index contributed by atoms with van der Waals surface area (Å²) >= 11 is 1.43. The molecule has 4 heavy (non-hydrogen) atoms. The minimum Gasteiger partial charge on any atom is 0 e. The number of nitriles is 1. The largest absolute Gasteiger partial charge is 0 e. The minimum atomic E-state index is 0. The summed E-state index contributed by atoms with van der Waals surface area (Å²) in [7, 11) is 0. The van der Waals surface area contributed by atoms with Crippen molar-refractivity contribution in [1.29, 1.82) is 5.26 Å². The molecule has 0 aromatic rings. The van der Waals surface area contributed by atoms with Crippen molar-refractivity contribution in [2.75, 3.05) is 0 Å². The van der Waals surface area contributed by atoms with Gasteiger partial charge in [0.25, 0.3) is 0 Å². The number of nitrogens with zero attached hydrogens (tertiary/aromatic N) is 1. The molecule has 0 N–H and O–H groups in total. The smallest absolute Gasteiger partial charge is 0 e. The zero-order valence-electron chi connectivity index (χ0n) is 1.86. The average molecular weight is 258 g/mol. The van der Waals surface area contributed by atoms with Gasteiger partial charge in [0.15, 0.2) is 0 Å². The summed E-state index contributed by atoms with van der Waals surface area (Å²) in [5.74, 6) is 0. The van der Waals surface area contributed by atoms with Crippen molar-refractivity contribution < 1.29 is 41.5 Å². The van der Waals surface area contributed by atoms with Gasteiger partial charge in [-0.15, -0.1) is 0 Å². The SMILES string of the molecule is N#[C][Ti].[W]. The molecule has 0 aliphatic rings. The number of rotatable bonds is 0. The van der Waals surface area contributed by atoms with Crippen LogP contribution in [0.25, 0.3) is 0 Å². The van der Waals surface area contributed by atoms with Gasteiger partial charge in [-0.3, -0.25) is 0 Å². The van der Waals surface area contributed by atoms with E-state index < -0.39 is 0 Å². The van der Waals surface area contributed by atoms with Gasteiger partial charge in [-0.25, -0.2) is 0 Å². The van der Waals surface area contributed by atoms with E-state index >= 15 is 0 Å². The van der Waals surface area contributed by atoms with Crippen LogP contribution in [0.2, 0.25) is 0 Å². The van der Waals surface area contributed by atoms with Crippen molar-refractivity contribution in [1.82, 2.24) is 0 Å². The minimum absolute atomic E-state index is 0. The van der Waals surface area contributed by atoms with E-state index in [2.05, 4.69) is 0 Å². The average Bonchev–Trinajstić information content (AvgIpc) is 0.918. The fourth-order valence-corrected chi connectivity index (χ4v) is 0. The molecule has 0 rings (SSSR count). The Morgan fingerprint density at radius 2 is 1.75 bits per heavy atom. The summed E-state index contributed by atoms with van der Waals surface area (Å²) in [6.45, 7) is 0. The standard InChI is InChI=1S/CN.Ti.W/c1-2;;. The van der Waals surface area contributed by atoms with E-state index in [9.17, 15) is 0 Å². The van der Waals surface area contributed by atoms with Gasteiger partial charge in [0.05, 0.1) is 0 Å². The summed E-state index contributed by atoms with van der Waals surface area (Å²) in [4.78, 5) is 0. The zero-order chi connectivity index (χ0) is 2.71. The zero-order valence-corrected chi connectivity index (χ0v) is 6.35. The molecule has 0 heterocycles. The van der Waals surface area contributed by atoms with Gasteiger partial charge < -0.3 is 0 Å². The van der Waals surface area contributed by atoms with Gasteiger partial charge in [0.1, 0.15) is 0 Å². The molecule has 0 aromatic carbocycles. The Kier molecular flexibility index (Phi) is 20.1. The van der Waals surface area contributed by atoms with E-state index in [0.717, 1.165) is 0 Å². The van der Waals surface area contributed by atoms with Crippen molar-refractivity contribution in [3.8, 4) is 4.37 Å². The maximum Gasteiger partial charge on any atom is 0 e. The van der Waals surface area contributed by atoms with E-state index in [1.807, 2.05) is 0 Å². The van der Waals surface area contributed by atoms with Crippen LogP contribution in [-0.4, -0.2) is 0 Å². The van der Waals surface area contributed by atoms with Crippen molar-refractivity contribution in [2.24, 2.45) is 0 Å². The summed E-state index contributed by atoms with van der Waals surface area (Å²) in [6.07, 6.45) is 0. The first-order valence-electron chi connectivity index (χ1n) is 0.474. The van der Waals surface area contributed by atoms with Gasteiger partial charge in [-0.05, 0) is 0 Å². The Bertz CT molecular complexity index is 29.5. The van der Waals surface area contributed by atoms with E-state index in [4.69, 9.17) is 5.26 Å². The molecule has 0 aliphatic carbocycles. The Hall–Kier alpha value is 0.893. The van der Waals surface area contributed by atoms with Gasteiger partial charge in [0, 0.05) is 21.1 Å². The second-order valence-electron chi connectivity index (χ2n) is 0.112. The van der Waals surface area contributed by atoms with Crippen LogP contribution in [0.5, 0.6) is 0 Å². The molecule has 0 bridgehead atoms. The van der Waals surface area contributed by atoms with Crippen LogP contribution in [-0.2, 0) is 41.5 Å². The van der Waals surface area contributed by atoms with Crippen molar-refractivity contribution in [3.05, 3.63) is 0 Å². The molecule has 0 radical (unpaired) electrons. The second kappa shape index (κ2) is 9.09. The van der Waals surface area contributed by atoms with Crippen LogP contribution >= 0.6 is 0 Å². The fourth-order valence-electron chi connectivity index (χ4n) is 0. The molecule has 0 saturated heterocycles. The molecule has 0 unspecified atom stereocenters. The van der Waals surface area contributed by atoms with E-state index in [0.29, 0.717) is 0 Å². The Morgan fingerprint density at radius 1 is 1.75 bits per heavy atom. The van der Waals surface area contributed by atoms with E-state index in [1.54, 1.807) is 4.37 Å². The summed E-state index contributed by atoms with van der Waals surface area (Å²) < 4.78 is 1.75. The third-order valence-corrected chi connectivity index (χ3v) is 0. The van der Waals surface area contributed by atoms with E-state index in [-0.39, 0.29) is 21.1 Å². The monoisotopic (exact) mass is 258 g/mol. The predicted molar refractivity (Wildman–Crippen MR) is 5.61 cm³/mol. The van der Waals surface area contributed by atoms with Crippen LogP contribution < -0.4 is 0 Å². The van der Waals surface area contributed by atoms with Crippen LogP contribution in [0.1, 0.15) is 0 Å². The molecule has 1 nitrogen and oxygen atoms in total. The molecule has 19 valence electrons. The topological polar surface area (TPSA) is 23.8 Å². The first-order chi connectivity index (χ1) is 1.41. The molecular formula is CNTiW. The third kappa shape index (κ3) is 13.0.